The Kier molecular flexibility index (Phi) is 4.62. The summed E-state index contributed by atoms with van der Waals surface area (Å²) < 4.78 is 13.4. The molecule has 5 heteroatoms. The zero-order valence-electron chi connectivity index (χ0n) is 12.9. The molecule has 1 unspecified atom stereocenters. The molecule has 0 radical (unpaired) electrons. The Morgan fingerprint density at radius 3 is 3.00 bits per heavy atom. The Bertz CT molecular complexity index is 748. The lowest BCUT2D eigenvalue weighted by molar-refractivity contribution is -0.121. The molecule has 0 saturated carbocycles. The molecule has 0 fully saturated rings. The highest BCUT2D eigenvalue weighted by atomic mass is 35.5. The maximum absolute atomic E-state index is 13.4. The molecule has 1 aliphatic rings. The molecule has 1 aromatic carbocycles. The summed E-state index contributed by atoms with van der Waals surface area (Å²) in [6.07, 6.45) is 6.89. The normalized spacial score (nSPS) is 16.7. The summed E-state index contributed by atoms with van der Waals surface area (Å²) in [6.45, 7) is 1.84. The van der Waals surface area contributed by atoms with Crippen molar-refractivity contribution in [3.05, 3.63) is 52.6 Å². The first-order chi connectivity index (χ1) is 11.1. The third-order valence-corrected chi connectivity index (χ3v) is 4.56. The highest BCUT2D eigenvalue weighted by Crippen LogP contribution is 2.36. The van der Waals surface area contributed by atoms with Crippen LogP contribution in [0.5, 0.6) is 0 Å². The Labute approximate surface area is 139 Å². The smallest absolute Gasteiger partial charge is 0.220 e. The number of pyridine rings is 1. The van der Waals surface area contributed by atoms with E-state index in [1.54, 1.807) is 18.3 Å². The average molecular weight is 333 g/mol. The fourth-order valence-electron chi connectivity index (χ4n) is 3.08. The van der Waals surface area contributed by atoms with Gasteiger partial charge in [-0.15, -0.1) is 0 Å². The van der Waals surface area contributed by atoms with Crippen LogP contribution in [0.25, 0.3) is 11.1 Å². The number of fused-ring (bicyclic) bond motifs is 1. The van der Waals surface area contributed by atoms with Gasteiger partial charge < -0.3 is 5.32 Å². The fraction of sp³-hybridized carbons (Fsp3) is 0.333. The molecule has 23 heavy (non-hydrogen) atoms. The predicted octanol–water partition coefficient (Wildman–Crippen LogP) is 4.44. The van der Waals surface area contributed by atoms with E-state index in [0.717, 1.165) is 41.5 Å². The Hall–Kier alpha value is -1.94. The maximum atomic E-state index is 13.4. The van der Waals surface area contributed by atoms with Gasteiger partial charge in [0, 0.05) is 24.4 Å². The van der Waals surface area contributed by atoms with Gasteiger partial charge in [-0.3, -0.25) is 9.78 Å². The van der Waals surface area contributed by atoms with E-state index in [-0.39, 0.29) is 17.0 Å². The minimum atomic E-state index is -0.429. The third-order valence-electron chi connectivity index (χ3n) is 4.27. The van der Waals surface area contributed by atoms with Gasteiger partial charge in [0.2, 0.25) is 5.91 Å². The van der Waals surface area contributed by atoms with Gasteiger partial charge in [0.05, 0.1) is 11.1 Å². The molecule has 0 aliphatic heterocycles. The quantitative estimate of drug-likeness (QED) is 0.902. The molecule has 0 bridgehead atoms. The van der Waals surface area contributed by atoms with Gasteiger partial charge in [-0.2, -0.15) is 0 Å². The van der Waals surface area contributed by atoms with Crippen LogP contribution in [0, 0.1) is 5.82 Å². The van der Waals surface area contributed by atoms with Gasteiger partial charge >= 0.3 is 0 Å². The number of carbonyl (C=O) groups excluding carboxylic acids is 1. The van der Waals surface area contributed by atoms with E-state index in [4.69, 9.17) is 11.6 Å². The molecule has 2 aromatic rings. The van der Waals surface area contributed by atoms with Crippen LogP contribution in [0.15, 0.2) is 30.6 Å². The lowest BCUT2D eigenvalue weighted by Gasteiger charge is -2.27. The minimum Gasteiger partial charge on any atom is -0.349 e. The number of aromatic nitrogens is 1. The number of nitrogens with zero attached hydrogens (tertiary/aromatic N) is 1. The second-order valence-corrected chi connectivity index (χ2v) is 6.16. The summed E-state index contributed by atoms with van der Waals surface area (Å²) in [5.41, 5.74) is 4.02. The first-order valence-electron chi connectivity index (χ1n) is 7.81. The van der Waals surface area contributed by atoms with E-state index in [1.807, 2.05) is 13.1 Å². The topological polar surface area (TPSA) is 42.0 Å². The number of hydrogen-bond donors (Lipinski definition) is 1. The van der Waals surface area contributed by atoms with Crippen LogP contribution in [0.2, 0.25) is 5.02 Å². The lowest BCUT2D eigenvalue weighted by atomic mass is 9.84. The number of amides is 1. The van der Waals surface area contributed by atoms with Crippen LogP contribution in [0.4, 0.5) is 4.39 Å². The largest absolute Gasteiger partial charge is 0.349 e. The molecule has 1 amide bonds. The summed E-state index contributed by atoms with van der Waals surface area (Å²) in [7, 11) is 0. The van der Waals surface area contributed by atoms with Crippen LogP contribution < -0.4 is 5.32 Å². The van der Waals surface area contributed by atoms with E-state index in [1.165, 1.54) is 6.07 Å². The van der Waals surface area contributed by atoms with E-state index in [0.29, 0.717) is 6.42 Å². The van der Waals surface area contributed by atoms with Crippen molar-refractivity contribution < 1.29 is 9.18 Å². The van der Waals surface area contributed by atoms with Gasteiger partial charge in [-0.1, -0.05) is 24.6 Å². The summed E-state index contributed by atoms with van der Waals surface area (Å²) in [6, 6.07) is 4.71. The number of rotatable bonds is 3. The van der Waals surface area contributed by atoms with Crippen LogP contribution >= 0.6 is 11.6 Å². The Morgan fingerprint density at radius 1 is 1.43 bits per heavy atom. The summed E-state index contributed by atoms with van der Waals surface area (Å²) >= 11 is 5.91. The standard InChI is InChI=1S/C18H18ClFN2O/c1-2-18(23)22-17-5-3-4-12-13(9-21-10-14(12)17)11-6-7-16(20)15(19)8-11/h6-10,17H,2-5H2,1H3,(H,22,23). The maximum Gasteiger partial charge on any atom is 0.220 e. The van der Waals surface area contributed by atoms with E-state index in [2.05, 4.69) is 10.3 Å². The molecule has 1 atom stereocenters. The van der Waals surface area contributed by atoms with Crippen LogP contribution in [0.3, 0.4) is 0 Å². The second kappa shape index (κ2) is 6.67. The number of nitrogens with one attached hydrogen (secondary N) is 1. The first kappa shape index (κ1) is 15.9. The van der Waals surface area contributed by atoms with Gasteiger partial charge in [0.15, 0.2) is 0 Å². The van der Waals surface area contributed by atoms with Crippen LogP contribution in [-0.2, 0) is 11.2 Å². The van der Waals surface area contributed by atoms with E-state index < -0.39 is 5.82 Å². The van der Waals surface area contributed by atoms with Crippen molar-refractivity contribution in [2.45, 2.75) is 38.6 Å². The Morgan fingerprint density at radius 2 is 2.26 bits per heavy atom. The van der Waals surface area contributed by atoms with Crippen molar-refractivity contribution in [3.8, 4) is 11.1 Å². The molecule has 0 saturated heterocycles. The molecular weight excluding hydrogens is 315 g/mol. The molecule has 0 spiro atoms. The van der Waals surface area contributed by atoms with Crippen molar-refractivity contribution in [2.24, 2.45) is 0 Å². The predicted molar refractivity (Wildman–Crippen MR) is 88.8 cm³/mol. The van der Waals surface area contributed by atoms with Crippen LogP contribution in [0.1, 0.15) is 43.4 Å². The van der Waals surface area contributed by atoms with Gasteiger partial charge in [-0.05, 0) is 48.1 Å². The highest BCUT2D eigenvalue weighted by Gasteiger charge is 2.24. The van der Waals surface area contributed by atoms with E-state index >= 15 is 0 Å². The number of halogens is 2. The number of carbonyl (C=O) groups is 1. The molecule has 1 heterocycles. The zero-order chi connectivity index (χ0) is 16.4. The molecule has 3 rings (SSSR count). The van der Waals surface area contributed by atoms with Crippen molar-refractivity contribution in [2.75, 3.05) is 0 Å². The van der Waals surface area contributed by atoms with E-state index in [9.17, 15) is 9.18 Å². The summed E-state index contributed by atoms with van der Waals surface area (Å²) in [5.74, 6) is -0.390. The van der Waals surface area contributed by atoms with Gasteiger partial charge in [-0.25, -0.2) is 4.39 Å². The molecule has 3 nitrogen and oxygen atoms in total. The Balaban J connectivity index is 2.02. The van der Waals surface area contributed by atoms with Crippen molar-refractivity contribution in [1.29, 1.82) is 0 Å². The number of hydrogen-bond acceptors (Lipinski definition) is 2. The molecular formula is C18H18ClFN2O. The highest BCUT2D eigenvalue weighted by molar-refractivity contribution is 6.31. The van der Waals surface area contributed by atoms with Crippen molar-refractivity contribution in [3.63, 3.8) is 0 Å². The minimum absolute atomic E-state index is 0.00503. The van der Waals surface area contributed by atoms with Crippen LogP contribution in [-0.4, -0.2) is 10.9 Å². The number of benzene rings is 1. The lowest BCUT2D eigenvalue weighted by Crippen LogP contribution is -2.30. The molecule has 120 valence electrons. The molecule has 1 N–H and O–H groups in total. The second-order valence-electron chi connectivity index (χ2n) is 5.75. The third kappa shape index (κ3) is 3.22. The monoisotopic (exact) mass is 332 g/mol. The van der Waals surface area contributed by atoms with Crippen molar-refractivity contribution in [1.82, 2.24) is 10.3 Å². The van der Waals surface area contributed by atoms with Crippen molar-refractivity contribution >= 4 is 17.5 Å². The molecule has 1 aromatic heterocycles. The average Bonchev–Trinajstić information content (AvgIpc) is 2.57. The van der Waals surface area contributed by atoms with Gasteiger partial charge in [0.25, 0.3) is 0 Å². The summed E-state index contributed by atoms with van der Waals surface area (Å²) in [4.78, 5) is 16.1. The molecule has 1 aliphatic carbocycles. The first-order valence-corrected chi connectivity index (χ1v) is 8.19. The fourth-order valence-corrected chi connectivity index (χ4v) is 3.26. The SMILES string of the molecule is CCC(=O)NC1CCCc2c(-c3ccc(F)c(Cl)c3)cncc21. The summed E-state index contributed by atoms with van der Waals surface area (Å²) in [5, 5.41) is 3.16. The zero-order valence-corrected chi connectivity index (χ0v) is 13.7. The van der Waals surface area contributed by atoms with Gasteiger partial charge in [0.1, 0.15) is 5.82 Å².